The highest BCUT2D eigenvalue weighted by Gasteiger charge is 2.11. The first kappa shape index (κ1) is 20.2. The van der Waals surface area contributed by atoms with Gasteiger partial charge in [0.2, 0.25) is 5.88 Å². The molecule has 0 atom stereocenters. The number of carbonyl (C=O) groups is 1. The molecule has 0 saturated carbocycles. The van der Waals surface area contributed by atoms with Gasteiger partial charge in [0.25, 0.3) is 0 Å². The van der Waals surface area contributed by atoms with E-state index in [4.69, 9.17) is 14.2 Å². The van der Waals surface area contributed by atoms with Gasteiger partial charge in [0.1, 0.15) is 0 Å². The lowest BCUT2D eigenvalue weighted by Gasteiger charge is -2.13. The minimum absolute atomic E-state index is 0.283. The number of rotatable bonds is 9. The van der Waals surface area contributed by atoms with Crippen molar-refractivity contribution in [2.45, 2.75) is 13.5 Å². The lowest BCUT2D eigenvalue weighted by molar-refractivity contribution is 0.0526. The van der Waals surface area contributed by atoms with Crippen molar-refractivity contribution in [2.75, 3.05) is 19.1 Å². The quantitative estimate of drug-likeness (QED) is 0.417. The zero-order chi connectivity index (χ0) is 20.5. The smallest absolute Gasteiger partial charge is 0.338 e. The zero-order valence-corrected chi connectivity index (χ0v) is 16.3. The number of methoxy groups -OCH3 is 1. The van der Waals surface area contributed by atoms with E-state index in [-0.39, 0.29) is 5.88 Å². The van der Waals surface area contributed by atoms with Crippen LogP contribution in [0.4, 0.5) is 5.69 Å². The summed E-state index contributed by atoms with van der Waals surface area (Å²) in [6.45, 7) is 2.65. The Bertz CT molecular complexity index is 948. The summed E-state index contributed by atoms with van der Waals surface area (Å²) in [5.41, 5.74) is 8.66. The second-order valence-corrected chi connectivity index (χ2v) is 6.04. The fourth-order valence-electron chi connectivity index (χ4n) is 2.60. The highest BCUT2D eigenvalue weighted by atomic mass is 16.5. The number of anilines is 1. The standard InChI is InChI=1S/C22H23N3O4/c1-3-28-22(26)17-11-12-23-21(14-17)29-19-10-9-16(13-20(19)27-2)15-24-25-18-7-5-4-6-8-18/h4-14,24-25H,3,15H2,1-2H3. The molecule has 3 aromatic rings. The summed E-state index contributed by atoms with van der Waals surface area (Å²) in [4.78, 5) is 16.0. The maximum absolute atomic E-state index is 11.9. The minimum Gasteiger partial charge on any atom is -0.493 e. The van der Waals surface area contributed by atoms with E-state index in [1.54, 1.807) is 26.2 Å². The first-order valence-electron chi connectivity index (χ1n) is 9.21. The molecule has 0 aliphatic heterocycles. The SMILES string of the molecule is CCOC(=O)c1ccnc(Oc2ccc(CNNc3ccccc3)cc2OC)c1. The third kappa shape index (κ3) is 5.70. The number of nitrogens with zero attached hydrogens (tertiary/aromatic N) is 1. The van der Waals surface area contributed by atoms with Crippen LogP contribution in [0.15, 0.2) is 66.9 Å². The molecule has 2 aromatic carbocycles. The molecular formula is C22H23N3O4. The van der Waals surface area contributed by atoms with Crippen LogP contribution in [0.3, 0.4) is 0 Å². The number of hydrazine groups is 1. The minimum atomic E-state index is -0.418. The van der Waals surface area contributed by atoms with E-state index in [1.165, 1.54) is 12.3 Å². The van der Waals surface area contributed by atoms with Gasteiger partial charge in [-0.05, 0) is 42.8 Å². The molecule has 0 saturated heterocycles. The van der Waals surface area contributed by atoms with Gasteiger partial charge in [-0.15, -0.1) is 0 Å². The molecule has 0 aliphatic carbocycles. The Kier molecular flexibility index (Phi) is 7.02. The first-order valence-corrected chi connectivity index (χ1v) is 9.21. The van der Waals surface area contributed by atoms with Gasteiger partial charge >= 0.3 is 5.97 Å². The molecule has 3 rings (SSSR count). The highest BCUT2D eigenvalue weighted by Crippen LogP contribution is 2.31. The summed E-state index contributed by atoms with van der Waals surface area (Å²) in [5, 5.41) is 0. The van der Waals surface area contributed by atoms with Crippen molar-refractivity contribution in [3.05, 3.63) is 78.0 Å². The lowest BCUT2D eigenvalue weighted by atomic mass is 10.2. The fraction of sp³-hybridized carbons (Fsp3) is 0.182. The number of para-hydroxylation sites is 1. The van der Waals surface area contributed by atoms with Crippen LogP contribution < -0.4 is 20.3 Å². The van der Waals surface area contributed by atoms with E-state index in [1.807, 2.05) is 42.5 Å². The van der Waals surface area contributed by atoms with Crippen molar-refractivity contribution >= 4 is 11.7 Å². The van der Waals surface area contributed by atoms with Crippen LogP contribution in [0.1, 0.15) is 22.8 Å². The van der Waals surface area contributed by atoms with Crippen LogP contribution in [-0.4, -0.2) is 24.7 Å². The molecule has 150 valence electrons. The molecule has 1 heterocycles. The predicted molar refractivity (Wildman–Crippen MR) is 110 cm³/mol. The van der Waals surface area contributed by atoms with Crippen molar-refractivity contribution in [1.29, 1.82) is 0 Å². The Morgan fingerprint density at radius 1 is 1.03 bits per heavy atom. The molecule has 1 aromatic heterocycles. The monoisotopic (exact) mass is 393 g/mol. The average Bonchev–Trinajstić information content (AvgIpc) is 2.76. The van der Waals surface area contributed by atoms with Crippen molar-refractivity contribution in [3.8, 4) is 17.4 Å². The summed E-state index contributed by atoms with van der Waals surface area (Å²) in [7, 11) is 1.57. The molecule has 0 aliphatic rings. The summed E-state index contributed by atoms with van der Waals surface area (Å²) >= 11 is 0. The summed E-state index contributed by atoms with van der Waals surface area (Å²) in [5.74, 6) is 0.928. The van der Waals surface area contributed by atoms with Gasteiger partial charge in [-0.25, -0.2) is 15.2 Å². The number of carbonyl (C=O) groups excluding carboxylic acids is 1. The van der Waals surface area contributed by atoms with Crippen LogP contribution in [0.25, 0.3) is 0 Å². The maximum atomic E-state index is 11.9. The molecule has 0 unspecified atom stereocenters. The summed E-state index contributed by atoms with van der Waals surface area (Å²) in [6, 6.07) is 18.6. The Hall–Kier alpha value is -3.58. The van der Waals surface area contributed by atoms with Crippen molar-refractivity contribution in [3.63, 3.8) is 0 Å². The van der Waals surface area contributed by atoms with Crippen molar-refractivity contribution in [2.24, 2.45) is 0 Å². The molecular weight excluding hydrogens is 370 g/mol. The second kappa shape index (κ2) is 10.1. The van der Waals surface area contributed by atoms with Crippen molar-refractivity contribution < 1.29 is 19.0 Å². The van der Waals surface area contributed by atoms with E-state index in [9.17, 15) is 4.79 Å². The van der Waals surface area contributed by atoms with E-state index >= 15 is 0 Å². The maximum Gasteiger partial charge on any atom is 0.338 e. The van der Waals surface area contributed by atoms with Gasteiger partial charge in [-0.3, -0.25) is 0 Å². The topological polar surface area (TPSA) is 81.7 Å². The van der Waals surface area contributed by atoms with Gasteiger partial charge in [0, 0.05) is 24.5 Å². The van der Waals surface area contributed by atoms with E-state index in [2.05, 4.69) is 15.8 Å². The number of hydrogen-bond acceptors (Lipinski definition) is 7. The molecule has 0 fully saturated rings. The molecule has 0 bridgehead atoms. The van der Waals surface area contributed by atoms with Crippen LogP contribution in [0.2, 0.25) is 0 Å². The molecule has 2 N–H and O–H groups in total. The summed E-state index contributed by atoms with van der Waals surface area (Å²) in [6.07, 6.45) is 1.50. The first-order chi connectivity index (χ1) is 14.2. The third-order valence-corrected chi connectivity index (χ3v) is 3.99. The second-order valence-electron chi connectivity index (χ2n) is 6.04. The van der Waals surface area contributed by atoms with Gasteiger partial charge < -0.3 is 19.6 Å². The number of ether oxygens (including phenoxy) is 3. The highest BCUT2D eigenvalue weighted by molar-refractivity contribution is 5.89. The lowest BCUT2D eigenvalue weighted by Crippen LogP contribution is -2.20. The Morgan fingerprint density at radius 3 is 2.62 bits per heavy atom. The normalized spacial score (nSPS) is 10.3. The summed E-state index contributed by atoms with van der Waals surface area (Å²) < 4.78 is 16.3. The Morgan fingerprint density at radius 2 is 1.86 bits per heavy atom. The number of benzene rings is 2. The largest absolute Gasteiger partial charge is 0.493 e. The van der Waals surface area contributed by atoms with Crippen LogP contribution >= 0.6 is 0 Å². The number of esters is 1. The molecule has 29 heavy (non-hydrogen) atoms. The number of aromatic nitrogens is 1. The van der Waals surface area contributed by atoms with Crippen LogP contribution in [0.5, 0.6) is 17.4 Å². The van der Waals surface area contributed by atoms with Gasteiger partial charge in [-0.2, -0.15) is 0 Å². The molecule has 0 amide bonds. The van der Waals surface area contributed by atoms with E-state index < -0.39 is 5.97 Å². The van der Waals surface area contributed by atoms with Crippen LogP contribution in [0, 0.1) is 0 Å². The van der Waals surface area contributed by atoms with E-state index in [0.29, 0.717) is 30.2 Å². The fourth-order valence-corrected chi connectivity index (χ4v) is 2.60. The Labute approximate surface area is 169 Å². The molecule has 7 heteroatoms. The number of hydrogen-bond donors (Lipinski definition) is 2. The van der Waals surface area contributed by atoms with Gasteiger partial charge in [-0.1, -0.05) is 24.3 Å². The van der Waals surface area contributed by atoms with Gasteiger partial charge in [0.15, 0.2) is 11.5 Å². The van der Waals surface area contributed by atoms with Crippen molar-refractivity contribution in [1.82, 2.24) is 10.4 Å². The average molecular weight is 393 g/mol. The molecule has 0 radical (unpaired) electrons. The molecule has 0 spiro atoms. The van der Waals surface area contributed by atoms with E-state index in [0.717, 1.165) is 11.3 Å². The number of pyridine rings is 1. The van der Waals surface area contributed by atoms with Gasteiger partial charge in [0.05, 0.1) is 19.3 Å². The van der Waals surface area contributed by atoms with Crippen LogP contribution in [-0.2, 0) is 11.3 Å². The zero-order valence-electron chi connectivity index (χ0n) is 16.3. The number of nitrogens with one attached hydrogen (secondary N) is 2. The third-order valence-electron chi connectivity index (χ3n) is 3.99. The molecule has 7 nitrogen and oxygen atoms in total. The Balaban J connectivity index is 1.66. The predicted octanol–water partition coefficient (Wildman–Crippen LogP) is 4.18.